The van der Waals surface area contributed by atoms with E-state index in [1.807, 2.05) is 24.3 Å². The molecular formula is C15H22ClNO2. The van der Waals surface area contributed by atoms with Gasteiger partial charge in [-0.2, -0.15) is 0 Å². The molecule has 1 N–H and O–H groups in total. The Morgan fingerprint density at radius 1 is 1.26 bits per heavy atom. The summed E-state index contributed by atoms with van der Waals surface area (Å²) in [5, 5.41) is 3.92. The maximum atomic E-state index is 12.2. The predicted octanol–water partition coefficient (Wildman–Crippen LogP) is 4.26. The van der Waals surface area contributed by atoms with E-state index in [-0.39, 0.29) is 5.97 Å². The zero-order valence-corrected chi connectivity index (χ0v) is 12.6. The van der Waals surface area contributed by atoms with Crippen LogP contribution in [0.3, 0.4) is 0 Å². The Morgan fingerprint density at radius 2 is 1.84 bits per heavy atom. The van der Waals surface area contributed by atoms with E-state index in [1.165, 1.54) is 7.11 Å². The zero-order valence-electron chi connectivity index (χ0n) is 11.8. The van der Waals surface area contributed by atoms with Crippen molar-refractivity contribution >= 4 is 23.3 Å². The Bertz CT molecular complexity index is 414. The predicted molar refractivity (Wildman–Crippen MR) is 79.6 cm³/mol. The molecule has 0 radical (unpaired) electrons. The highest BCUT2D eigenvalue weighted by Gasteiger charge is 2.38. The smallest absolute Gasteiger partial charge is 0.331 e. The molecule has 0 aliphatic carbocycles. The molecule has 0 amide bonds. The monoisotopic (exact) mass is 283 g/mol. The van der Waals surface area contributed by atoms with Crippen LogP contribution in [-0.2, 0) is 9.53 Å². The fourth-order valence-electron chi connectivity index (χ4n) is 2.37. The summed E-state index contributed by atoms with van der Waals surface area (Å²) in [6.07, 6.45) is 3.23. The third-order valence-corrected chi connectivity index (χ3v) is 3.51. The quantitative estimate of drug-likeness (QED) is 0.760. The van der Waals surface area contributed by atoms with E-state index in [4.69, 9.17) is 16.3 Å². The van der Waals surface area contributed by atoms with Crippen molar-refractivity contribution < 1.29 is 9.53 Å². The number of carbonyl (C=O) groups excluding carboxylic acids is 1. The van der Waals surface area contributed by atoms with Crippen molar-refractivity contribution in [1.29, 1.82) is 0 Å². The van der Waals surface area contributed by atoms with E-state index in [0.29, 0.717) is 5.02 Å². The Labute approximate surface area is 120 Å². The number of benzene rings is 1. The second kappa shape index (κ2) is 7.39. The highest BCUT2D eigenvalue weighted by Crippen LogP contribution is 2.30. The molecule has 0 unspecified atom stereocenters. The van der Waals surface area contributed by atoms with Gasteiger partial charge in [0.15, 0.2) is 0 Å². The van der Waals surface area contributed by atoms with Crippen LogP contribution in [0.15, 0.2) is 24.3 Å². The minimum Gasteiger partial charge on any atom is -0.467 e. The molecule has 0 aromatic heterocycles. The van der Waals surface area contributed by atoms with E-state index in [0.717, 1.165) is 31.4 Å². The van der Waals surface area contributed by atoms with Crippen molar-refractivity contribution in [2.24, 2.45) is 0 Å². The van der Waals surface area contributed by atoms with Gasteiger partial charge >= 0.3 is 5.97 Å². The zero-order chi connectivity index (χ0) is 14.3. The number of para-hydroxylation sites is 1. The number of esters is 1. The van der Waals surface area contributed by atoms with Gasteiger partial charge in [0.05, 0.1) is 17.8 Å². The van der Waals surface area contributed by atoms with Crippen molar-refractivity contribution in [2.45, 2.75) is 45.1 Å². The minimum absolute atomic E-state index is 0.226. The van der Waals surface area contributed by atoms with Crippen LogP contribution in [0.1, 0.15) is 39.5 Å². The Kier molecular flexibility index (Phi) is 6.16. The lowest BCUT2D eigenvalue weighted by atomic mass is 9.88. The van der Waals surface area contributed by atoms with E-state index in [1.54, 1.807) is 0 Å². The molecule has 4 heteroatoms. The summed E-state index contributed by atoms with van der Waals surface area (Å²) in [4.78, 5) is 12.2. The first-order chi connectivity index (χ1) is 9.09. The molecule has 0 heterocycles. The number of nitrogens with one attached hydrogen (secondary N) is 1. The first-order valence-electron chi connectivity index (χ1n) is 6.70. The average molecular weight is 284 g/mol. The SMILES string of the molecule is CCCC(CCC)(Nc1ccccc1Cl)C(=O)OC. The number of hydrogen-bond donors (Lipinski definition) is 1. The van der Waals surface area contributed by atoms with Crippen LogP contribution in [0.4, 0.5) is 5.69 Å². The Balaban J connectivity index is 3.08. The number of ether oxygens (including phenoxy) is 1. The molecule has 106 valence electrons. The summed E-state index contributed by atoms with van der Waals surface area (Å²) >= 11 is 6.16. The Morgan fingerprint density at radius 3 is 2.32 bits per heavy atom. The highest BCUT2D eigenvalue weighted by molar-refractivity contribution is 6.33. The lowest BCUT2D eigenvalue weighted by Gasteiger charge is -2.33. The number of methoxy groups -OCH3 is 1. The molecule has 0 saturated carbocycles. The molecule has 19 heavy (non-hydrogen) atoms. The van der Waals surface area contributed by atoms with Crippen LogP contribution in [0, 0.1) is 0 Å². The van der Waals surface area contributed by atoms with Crippen molar-refractivity contribution in [2.75, 3.05) is 12.4 Å². The fraction of sp³-hybridized carbons (Fsp3) is 0.533. The molecule has 0 saturated heterocycles. The molecule has 1 aromatic carbocycles. The molecule has 1 rings (SSSR count). The molecule has 3 nitrogen and oxygen atoms in total. The van der Waals surface area contributed by atoms with E-state index < -0.39 is 5.54 Å². The van der Waals surface area contributed by atoms with Gasteiger partial charge in [-0.1, -0.05) is 50.4 Å². The van der Waals surface area contributed by atoms with Crippen molar-refractivity contribution in [1.82, 2.24) is 0 Å². The van der Waals surface area contributed by atoms with Crippen LogP contribution in [0.5, 0.6) is 0 Å². The topological polar surface area (TPSA) is 38.3 Å². The standard InChI is InChI=1S/C15H22ClNO2/c1-4-10-15(11-5-2,14(18)19-3)17-13-9-7-6-8-12(13)16/h6-9,17H,4-5,10-11H2,1-3H3. The summed E-state index contributed by atoms with van der Waals surface area (Å²) in [6, 6.07) is 7.45. The van der Waals surface area contributed by atoms with E-state index in [2.05, 4.69) is 19.2 Å². The van der Waals surface area contributed by atoms with Crippen molar-refractivity contribution in [3.63, 3.8) is 0 Å². The van der Waals surface area contributed by atoms with Crippen LogP contribution in [0.25, 0.3) is 0 Å². The molecule has 0 atom stereocenters. The highest BCUT2D eigenvalue weighted by atomic mass is 35.5. The van der Waals surface area contributed by atoms with Gasteiger partial charge in [0.2, 0.25) is 0 Å². The second-order valence-electron chi connectivity index (χ2n) is 4.68. The van der Waals surface area contributed by atoms with Gasteiger partial charge in [-0.25, -0.2) is 4.79 Å². The summed E-state index contributed by atoms with van der Waals surface area (Å²) in [7, 11) is 1.43. The van der Waals surface area contributed by atoms with Crippen LogP contribution in [0.2, 0.25) is 5.02 Å². The normalized spacial score (nSPS) is 11.2. The van der Waals surface area contributed by atoms with Crippen molar-refractivity contribution in [3.8, 4) is 0 Å². The van der Waals surface area contributed by atoms with E-state index >= 15 is 0 Å². The minimum atomic E-state index is -0.691. The number of halogens is 1. The lowest BCUT2D eigenvalue weighted by molar-refractivity contribution is -0.146. The third kappa shape index (κ3) is 3.87. The first kappa shape index (κ1) is 15.8. The van der Waals surface area contributed by atoms with Crippen LogP contribution >= 0.6 is 11.6 Å². The van der Waals surface area contributed by atoms with Gasteiger partial charge in [-0.05, 0) is 25.0 Å². The average Bonchev–Trinajstić information content (AvgIpc) is 2.41. The first-order valence-corrected chi connectivity index (χ1v) is 7.08. The van der Waals surface area contributed by atoms with Gasteiger partial charge in [0.25, 0.3) is 0 Å². The second-order valence-corrected chi connectivity index (χ2v) is 5.09. The number of rotatable bonds is 7. The molecule has 0 spiro atoms. The summed E-state index contributed by atoms with van der Waals surface area (Å²) in [5.74, 6) is -0.226. The molecule has 1 aromatic rings. The Hall–Kier alpha value is -1.22. The molecule has 0 aliphatic rings. The summed E-state index contributed by atoms with van der Waals surface area (Å²) in [5.41, 5.74) is 0.0833. The van der Waals surface area contributed by atoms with Gasteiger partial charge in [0, 0.05) is 0 Å². The van der Waals surface area contributed by atoms with E-state index in [9.17, 15) is 4.79 Å². The number of anilines is 1. The maximum Gasteiger partial charge on any atom is 0.331 e. The molecule has 0 fully saturated rings. The van der Waals surface area contributed by atoms with Gasteiger partial charge in [-0.3, -0.25) is 0 Å². The summed E-state index contributed by atoms with van der Waals surface area (Å²) < 4.78 is 4.99. The molecular weight excluding hydrogens is 262 g/mol. The van der Waals surface area contributed by atoms with Gasteiger partial charge < -0.3 is 10.1 Å². The van der Waals surface area contributed by atoms with Crippen LogP contribution < -0.4 is 5.32 Å². The van der Waals surface area contributed by atoms with Crippen LogP contribution in [-0.4, -0.2) is 18.6 Å². The largest absolute Gasteiger partial charge is 0.467 e. The molecule has 0 bridgehead atoms. The fourth-order valence-corrected chi connectivity index (χ4v) is 2.56. The number of hydrogen-bond acceptors (Lipinski definition) is 3. The maximum absolute atomic E-state index is 12.2. The van der Waals surface area contributed by atoms with Gasteiger partial charge in [0.1, 0.15) is 5.54 Å². The summed E-state index contributed by atoms with van der Waals surface area (Å²) in [6.45, 7) is 4.11. The van der Waals surface area contributed by atoms with Crippen molar-refractivity contribution in [3.05, 3.63) is 29.3 Å². The number of carbonyl (C=O) groups is 1. The third-order valence-electron chi connectivity index (χ3n) is 3.18. The molecule has 0 aliphatic heterocycles. The lowest BCUT2D eigenvalue weighted by Crippen LogP contribution is -2.47. The van der Waals surface area contributed by atoms with Gasteiger partial charge in [-0.15, -0.1) is 0 Å².